The molecule has 0 aromatic heterocycles. The minimum absolute atomic E-state index is 0.306. The smallest absolute Gasteiger partial charge is 0.192 e. The van der Waals surface area contributed by atoms with Crippen LogP contribution in [0.25, 0.3) is 0 Å². The van der Waals surface area contributed by atoms with E-state index in [0.717, 1.165) is 16.6 Å². The third-order valence-corrected chi connectivity index (χ3v) is 11.2. The number of rotatable bonds is 8. The van der Waals surface area contributed by atoms with Crippen LogP contribution in [0.15, 0.2) is 0 Å². The lowest BCUT2D eigenvalue weighted by molar-refractivity contribution is -0.149. The summed E-state index contributed by atoms with van der Waals surface area (Å²) in [6.45, 7) is 11.6. The van der Waals surface area contributed by atoms with Crippen molar-refractivity contribution < 1.29 is 9.16 Å². The number of halogens is 1. The standard InChI is InChI=1S/C16H33IO2SSi/c1-6-21(7-2,8-3)19-16-12(4)14(9-10-20)18-15(11-17)13(16)5/h12-16,20H,6-11H2,1-5H3/t12-,13+,14+,15?,16?/m1/s1. The second-order valence-electron chi connectivity index (χ2n) is 6.42. The Morgan fingerprint density at radius 1 is 1.05 bits per heavy atom. The van der Waals surface area contributed by atoms with E-state index in [-0.39, 0.29) is 0 Å². The maximum Gasteiger partial charge on any atom is 0.192 e. The van der Waals surface area contributed by atoms with E-state index in [1.165, 1.54) is 18.1 Å². The summed E-state index contributed by atoms with van der Waals surface area (Å²) in [5, 5.41) is 0. The number of alkyl halides is 1. The van der Waals surface area contributed by atoms with E-state index in [2.05, 4.69) is 69.8 Å². The second-order valence-corrected chi connectivity index (χ2v) is 12.5. The fourth-order valence-corrected chi connectivity index (χ4v) is 7.78. The molecule has 0 aromatic carbocycles. The van der Waals surface area contributed by atoms with Gasteiger partial charge in [0.15, 0.2) is 8.32 Å². The summed E-state index contributed by atoms with van der Waals surface area (Å²) in [5.41, 5.74) is 0. The number of hydrogen-bond acceptors (Lipinski definition) is 3. The van der Waals surface area contributed by atoms with Crippen LogP contribution in [0.2, 0.25) is 18.1 Å². The van der Waals surface area contributed by atoms with Crippen molar-refractivity contribution in [3.8, 4) is 0 Å². The van der Waals surface area contributed by atoms with Gasteiger partial charge < -0.3 is 9.16 Å². The molecule has 0 amide bonds. The molecule has 5 atom stereocenters. The molecule has 0 radical (unpaired) electrons. The van der Waals surface area contributed by atoms with Crippen LogP contribution in [0, 0.1) is 11.8 Å². The molecule has 0 aliphatic carbocycles. The topological polar surface area (TPSA) is 18.5 Å². The minimum atomic E-state index is -1.56. The van der Waals surface area contributed by atoms with Crippen molar-refractivity contribution in [2.45, 2.75) is 77.5 Å². The molecule has 1 aliphatic rings. The van der Waals surface area contributed by atoms with Gasteiger partial charge in [0.2, 0.25) is 0 Å². The molecule has 2 nitrogen and oxygen atoms in total. The zero-order chi connectivity index (χ0) is 16.0. The summed E-state index contributed by atoms with van der Waals surface area (Å²) in [6.07, 6.45) is 2.02. The molecule has 0 aromatic rings. The van der Waals surface area contributed by atoms with Gasteiger partial charge in [-0.2, -0.15) is 12.6 Å². The highest BCUT2D eigenvalue weighted by Gasteiger charge is 2.44. The molecule has 0 N–H and O–H groups in total. The van der Waals surface area contributed by atoms with Gasteiger partial charge >= 0.3 is 0 Å². The highest BCUT2D eigenvalue weighted by atomic mass is 127. The average Bonchev–Trinajstić information content (AvgIpc) is 2.51. The Morgan fingerprint density at radius 3 is 2.00 bits per heavy atom. The Hall–Kier alpha value is 1.22. The highest BCUT2D eigenvalue weighted by Crippen LogP contribution is 2.38. The Bertz CT molecular complexity index is 294. The lowest BCUT2D eigenvalue weighted by atomic mass is 9.82. The van der Waals surface area contributed by atoms with Crippen molar-refractivity contribution >= 4 is 43.5 Å². The quantitative estimate of drug-likeness (QED) is 0.241. The third kappa shape index (κ3) is 4.84. The van der Waals surface area contributed by atoms with Crippen molar-refractivity contribution in [2.75, 3.05) is 10.2 Å². The van der Waals surface area contributed by atoms with E-state index >= 15 is 0 Å². The van der Waals surface area contributed by atoms with E-state index in [1.807, 2.05) is 0 Å². The predicted molar refractivity (Wildman–Crippen MR) is 106 cm³/mol. The van der Waals surface area contributed by atoms with Gasteiger partial charge in [-0.3, -0.25) is 0 Å². The van der Waals surface area contributed by atoms with Gasteiger partial charge in [0.25, 0.3) is 0 Å². The van der Waals surface area contributed by atoms with E-state index in [9.17, 15) is 0 Å². The summed E-state index contributed by atoms with van der Waals surface area (Å²) in [5.74, 6) is 1.86. The zero-order valence-electron chi connectivity index (χ0n) is 14.3. The summed E-state index contributed by atoms with van der Waals surface area (Å²) < 4.78 is 14.3. The SMILES string of the molecule is CC[Si](CC)(CC)OC1[C@@H](C)C(CI)O[C@@H](CCS)[C@H]1C. The fourth-order valence-electron chi connectivity index (χ4n) is 3.51. The van der Waals surface area contributed by atoms with Crippen molar-refractivity contribution in [3.63, 3.8) is 0 Å². The molecule has 5 heteroatoms. The number of thiol groups is 1. The second kappa shape index (κ2) is 9.50. The van der Waals surface area contributed by atoms with Crippen LogP contribution in [0.5, 0.6) is 0 Å². The van der Waals surface area contributed by atoms with Crippen LogP contribution in [-0.2, 0) is 9.16 Å². The van der Waals surface area contributed by atoms with Gasteiger partial charge in [0.05, 0.1) is 18.3 Å². The molecule has 1 rings (SSSR count). The molecular formula is C16H33IO2SSi. The molecule has 21 heavy (non-hydrogen) atoms. The van der Waals surface area contributed by atoms with Crippen LogP contribution in [0.4, 0.5) is 0 Å². The van der Waals surface area contributed by atoms with Crippen LogP contribution >= 0.6 is 35.2 Å². The molecule has 0 spiro atoms. The van der Waals surface area contributed by atoms with Crippen molar-refractivity contribution in [1.29, 1.82) is 0 Å². The molecule has 1 saturated heterocycles. The van der Waals surface area contributed by atoms with Crippen molar-refractivity contribution in [3.05, 3.63) is 0 Å². The van der Waals surface area contributed by atoms with Crippen molar-refractivity contribution in [1.82, 2.24) is 0 Å². The van der Waals surface area contributed by atoms with E-state index in [0.29, 0.717) is 30.1 Å². The van der Waals surface area contributed by atoms with E-state index < -0.39 is 8.32 Å². The van der Waals surface area contributed by atoms with E-state index in [4.69, 9.17) is 9.16 Å². The van der Waals surface area contributed by atoms with Crippen LogP contribution < -0.4 is 0 Å². The largest absolute Gasteiger partial charge is 0.413 e. The van der Waals surface area contributed by atoms with Crippen LogP contribution in [0.3, 0.4) is 0 Å². The maximum absolute atomic E-state index is 6.89. The summed E-state index contributed by atoms with van der Waals surface area (Å²) >= 11 is 6.86. The maximum atomic E-state index is 6.89. The molecular weight excluding hydrogens is 411 g/mol. The first-order valence-corrected chi connectivity index (χ1v) is 13.2. The molecule has 1 heterocycles. The molecule has 2 unspecified atom stereocenters. The molecule has 0 bridgehead atoms. The monoisotopic (exact) mass is 444 g/mol. The summed E-state index contributed by atoms with van der Waals surface area (Å²) in [6, 6.07) is 3.68. The van der Waals surface area contributed by atoms with Gasteiger partial charge in [-0.25, -0.2) is 0 Å². The lowest BCUT2D eigenvalue weighted by Gasteiger charge is -2.48. The third-order valence-electron chi connectivity index (χ3n) is 5.44. The minimum Gasteiger partial charge on any atom is -0.413 e. The van der Waals surface area contributed by atoms with Gasteiger partial charge in [-0.15, -0.1) is 0 Å². The summed E-state index contributed by atoms with van der Waals surface area (Å²) in [4.78, 5) is 0. The van der Waals surface area contributed by atoms with E-state index in [1.54, 1.807) is 0 Å². The van der Waals surface area contributed by atoms with Crippen molar-refractivity contribution in [2.24, 2.45) is 11.8 Å². The molecule has 1 fully saturated rings. The Morgan fingerprint density at radius 2 is 1.57 bits per heavy atom. The fraction of sp³-hybridized carbons (Fsp3) is 1.00. The Balaban J connectivity index is 2.93. The number of hydrogen-bond donors (Lipinski definition) is 1. The van der Waals surface area contributed by atoms with Crippen LogP contribution in [0.1, 0.15) is 41.0 Å². The average molecular weight is 444 g/mol. The predicted octanol–water partition coefficient (Wildman–Crippen LogP) is 5.17. The first kappa shape index (κ1) is 20.3. The van der Waals surface area contributed by atoms with Crippen LogP contribution in [-0.4, -0.2) is 36.8 Å². The highest BCUT2D eigenvalue weighted by molar-refractivity contribution is 14.1. The Kier molecular flexibility index (Phi) is 9.16. The normalized spacial score (nSPS) is 34.1. The Labute approximate surface area is 151 Å². The first-order valence-electron chi connectivity index (χ1n) is 8.48. The van der Waals surface area contributed by atoms with Gasteiger partial charge in [-0.05, 0) is 30.3 Å². The van der Waals surface area contributed by atoms with Gasteiger partial charge in [0.1, 0.15) is 0 Å². The summed E-state index contributed by atoms with van der Waals surface area (Å²) in [7, 11) is -1.56. The molecule has 0 saturated carbocycles. The molecule has 1 aliphatic heterocycles. The molecule has 126 valence electrons. The lowest BCUT2D eigenvalue weighted by Crippen LogP contribution is -2.55. The van der Waals surface area contributed by atoms with Gasteiger partial charge in [-0.1, -0.05) is 57.2 Å². The first-order chi connectivity index (χ1) is 9.98. The zero-order valence-corrected chi connectivity index (χ0v) is 18.3. The van der Waals surface area contributed by atoms with Gasteiger partial charge in [0, 0.05) is 16.3 Å². The number of ether oxygens (including phenoxy) is 1.